The Labute approximate surface area is 106 Å². The van der Waals surface area contributed by atoms with Gasteiger partial charge in [0.2, 0.25) is 0 Å². The number of hydrogen-bond donors (Lipinski definition) is 1. The lowest BCUT2D eigenvalue weighted by Gasteiger charge is -2.06. The van der Waals surface area contributed by atoms with Crippen LogP contribution in [-0.4, -0.2) is 4.98 Å². The summed E-state index contributed by atoms with van der Waals surface area (Å²) in [7, 11) is 0. The summed E-state index contributed by atoms with van der Waals surface area (Å²) in [6.45, 7) is 1.91. The molecule has 0 aliphatic heterocycles. The predicted octanol–water partition coefficient (Wildman–Crippen LogP) is 3.18. The van der Waals surface area contributed by atoms with Gasteiger partial charge in [-0.05, 0) is 30.6 Å². The van der Waals surface area contributed by atoms with Gasteiger partial charge in [-0.1, -0.05) is 30.4 Å². The van der Waals surface area contributed by atoms with E-state index in [2.05, 4.69) is 29.6 Å². The molecule has 0 saturated carbocycles. The van der Waals surface area contributed by atoms with E-state index in [-0.39, 0.29) is 5.43 Å². The van der Waals surface area contributed by atoms with Crippen molar-refractivity contribution in [2.45, 2.75) is 13.3 Å². The van der Waals surface area contributed by atoms with Crippen molar-refractivity contribution >= 4 is 12.2 Å². The van der Waals surface area contributed by atoms with Crippen LogP contribution in [0, 0.1) is 13.3 Å². The molecular formula is C16H14NO. The quantitative estimate of drug-likeness (QED) is 0.798. The normalized spacial score (nSPS) is 17.2. The molecule has 1 N–H and O–H groups in total. The molecule has 89 valence electrons. The van der Waals surface area contributed by atoms with Crippen LogP contribution in [0.25, 0.3) is 12.2 Å². The van der Waals surface area contributed by atoms with Gasteiger partial charge in [-0.2, -0.15) is 0 Å². The first-order valence-corrected chi connectivity index (χ1v) is 6.07. The topological polar surface area (TPSA) is 32.9 Å². The Balaban J connectivity index is 2.14. The lowest BCUT2D eigenvalue weighted by Crippen LogP contribution is -2.08. The fraction of sp³-hybridized carbons (Fsp3) is 0.125. The van der Waals surface area contributed by atoms with Crippen molar-refractivity contribution in [3.05, 3.63) is 75.1 Å². The van der Waals surface area contributed by atoms with E-state index in [4.69, 9.17) is 0 Å². The van der Waals surface area contributed by atoms with Crippen molar-refractivity contribution in [2.24, 2.45) is 0 Å². The van der Waals surface area contributed by atoms with Crippen LogP contribution in [0.1, 0.15) is 23.4 Å². The van der Waals surface area contributed by atoms with Gasteiger partial charge in [0.05, 0.1) is 0 Å². The molecule has 18 heavy (non-hydrogen) atoms. The van der Waals surface area contributed by atoms with Crippen LogP contribution in [0.3, 0.4) is 0 Å². The van der Waals surface area contributed by atoms with Gasteiger partial charge in [0.15, 0.2) is 5.43 Å². The fourth-order valence-corrected chi connectivity index (χ4v) is 2.33. The van der Waals surface area contributed by atoms with Crippen molar-refractivity contribution in [1.82, 2.24) is 4.98 Å². The maximum absolute atomic E-state index is 11.9. The fourth-order valence-electron chi connectivity index (χ4n) is 2.33. The molecule has 0 spiro atoms. The molecule has 0 fully saturated rings. The number of fused-ring (bicyclic) bond motifs is 1. The van der Waals surface area contributed by atoms with Crippen molar-refractivity contribution in [3.8, 4) is 0 Å². The third-order valence-corrected chi connectivity index (χ3v) is 3.21. The molecule has 0 unspecified atom stereocenters. The van der Waals surface area contributed by atoms with Crippen LogP contribution in [0.4, 0.5) is 0 Å². The third-order valence-electron chi connectivity index (χ3n) is 3.21. The summed E-state index contributed by atoms with van der Waals surface area (Å²) in [5.41, 5.74) is 5.09. The summed E-state index contributed by atoms with van der Waals surface area (Å²) in [6.07, 6.45) is 15.2. The van der Waals surface area contributed by atoms with Crippen molar-refractivity contribution in [3.63, 3.8) is 0 Å². The van der Waals surface area contributed by atoms with E-state index in [1.807, 2.05) is 25.2 Å². The van der Waals surface area contributed by atoms with Crippen molar-refractivity contribution < 1.29 is 0 Å². The molecule has 1 aromatic heterocycles. The molecule has 0 aromatic carbocycles. The van der Waals surface area contributed by atoms with Crippen molar-refractivity contribution in [1.29, 1.82) is 0 Å². The molecule has 1 heterocycles. The Morgan fingerprint density at radius 2 is 2.17 bits per heavy atom. The maximum Gasteiger partial charge on any atom is 0.189 e. The Morgan fingerprint density at radius 1 is 1.28 bits per heavy atom. The lowest BCUT2D eigenvalue weighted by atomic mass is 10.0. The second-order valence-corrected chi connectivity index (χ2v) is 4.59. The van der Waals surface area contributed by atoms with Crippen LogP contribution >= 0.6 is 0 Å². The van der Waals surface area contributed by atoms with Gasteiger partial charge >= 0.3 is 0 Å². The number of aromatic nitrogens is 1. The highest BCUT2D eigenvalue weighted by Crippen LogP contribution is 2.27. The lowest BCUT2D eigenvalue weighted by molar-refractivity contribution is 1.15. The summed E-state index contributed by atoms with van der Waals surface area (Å²) >= 11 is 0. The Bertz CT molecular complexity index is 669. The average Bonchev–Trinajstić information content (AvgIpc) is 2.76. The molecule has 0 atom stereocenters. The zero-order valence-electron chi connectivity index (χ0n) is 10.2. The van der Waals surface area contributed by atoms with Gasteiger partial charge in [0, 0.05) is 29.4 Å². The number of H-pyrrole nitrogens is 1. The van der Waals surface area contributed by atoms with Gasteiger partial charge in [0.1, 0.15) is 0 Å². The van der Waals surface area contributed by atoms with Gasteiger partial charge in [-0.25, -0.2) is 0 Å². The van der Waals surface area contributed by atoms with Gasteiger partial charge in [0.25, 0.3) is 0 Å². The smallest absolute Gasteiger partial charge is 0.189 e. The summed E-state index contributed by atoms with van der Waals surface area (Å²) in [4.78, 5) is 15.2. The highest BCUT2D eigenvalue weighted by molar-refractivity contribution is 5.71. The summed E-state index contributed by atoms with van der Waals surface area (Å²) in [6, 6.07) is 1.64. The van der Waals surface area contributed by atoms with E-state index in [1.54, 1.807) is 6.07 Å². The van der Waals surface area contributed by atoms with Crippen molar-refractivity contribution in [2.75, 3.05) is 0 Å². The number of aryl methyl sites for hydroxylation is 1. The third kappa shape index (κ3) is 1.90. The Hall–Kier alpha value is -2.09. The first-order chi connectivity index (χ1) is 8.74. The second-order valence-electron chi connectivity index (χ2n) is 4.59. The van der Waals surface area contributed by atoms with E-state index >= 15 is 0 Å². The minimum Gasteiger partial charge on any atom is -0.358 e. The molecule has 3 rings (SSSR count). The number of hydrogen-bond acceptors (Lipinski definition) is 1. The number of aromatic amines is 1. The number of nitrogens with one attached hydrogen (secondary N) is 1. The van der Waals surface area contributed by atoms with Crippen LogP contribution in [0.5, 0.6) is 0 Å². The van der Waals surface area contributed by atoms with E-state index in [9.17, 15) is 4.79 Å². The average molecular weight is 236 g/mol. The molecule has 0 amide bonds. The highest BCUT2D eigenvalue weighted by atomic mass is 16.1. The zero-order chi connectivity index (χ0) is 12.5. The van der Waals surface area contributed by atoms with Crippen LogP contribution in [0.15, 0.2) is 46.3 Å². The summed E-state index contributed by atoms with van der Waals surface area (Å²) in [5.74, 6) is 0. The van der Waals surface area contributed by atoms with Crippen LogP contribution < -0.4 is 5.43 Å². The largest absolute Gasteiger partial charge is 0.358 e. The molecular weight excluding hydrogens is 222 g/mol. The number of pyridine rings is 1. The molecule has 2 aliphatic rings. The molecule has 0 saturated heterocycles. The van der Waals surface area contributed by atoms with Crippen LogP contribution in [0.2, 0.25) is 0 Å². The highest BCUT2D eigenvalue weighted by Gasteiger charge is 2.12. The molecule has 1 aromatic rings. The van der Waals surface area contributed by atoms with Gasteiger partial charge in [-0.3, -0.25) is 4.79 Å². The predicted molar refractivity (Wildman–Crippen MR) is 75.0 cm³/mol. The number of allylic oxidation sites excluding steroid dienone is 6. The number of rotatable bonds is 1. The minimum atomic E-state index is 0.0810. The first kappa shape index (κ1) is 11.0. The standard InChI is InChI=1S/C16H14NO/c1-11-9-16(18)14-8-4-7-13(10-15(14)17-11)12-5-2-3-6-12/h2-6,8-10H,7H2,1H3,(H,17,18). The van der Waals surface area contributed by atoms with E-state index < -0.39 is 0 Å². The molecule has 2 aliphatic carbocycles. The maximum atomic E-state index is 11.9. The summed E-state index contributed by atoms with van der Waals surface area (Å²) in [5, 5.41) is 0. The zero-order valence-corrected chi connectivity index (χ0v) is 10.2. The molecule has 2 nitrogen and oxygen atoms in total. The Morgan fingerprint density at radius 3 is 2.94 bits per heavy atom. The molecule has 1 radical (unpaired) electrons. The van der Waals surface area contributed by atoms with E-state index in [0.29, 0.717) is 0 Å². The monoisotopic (exact) mass is 236 g/mol. The van der Waals surface area contributed by atoms with E-state index in [0.717, 1.165) is 23.4 Å². The van der Waals surface area contributed by atoms with Gasteiger partial charge in [-0.15, -0.1) is 0 Å². The van der Waals surface area contributed by atoms with Crippen LogP contribution in [-0.2, 0) is 0 Å². The second kappa shape index (κ2) is 4.30. The first-order valence-electron chi connectivity index (χ1n) is 6.07. The minimum absolute atomic E-state index is 0.0810. The van der Waals surface area contributed by atoms with E-state index in [1.165, 1.54) is 11.1 Å². The Kier molecular flexibility index (Phi) is 2.63. The SMILES string of the molecule is Cc1cc(=O)c2c([nH]1)C=C(C1=CC=C[CH]1)CC=C2. The summed E-state index contributed by atoms with van der Waals surface area (Å²) < 4.78 is 0. The molecule has 2 heteroatoms. The van der Waals surface area contributed by atoms with Gasteiger partial charge < -0.3 is 4.98 Å². The molecule has 0 bridgehead atoms.